The molecule has 4 rings (SSSR count). The Hall–Kier alpha value is -1.54. The minimum absolute atomic E-state index is 0.245. The van der Waals surface area contributed by atoms with Crippen LogP contribution in [0.5, 0.6) is 0 Å². The van der Waals surface area contributed by atoms with Crippen molar-refractivity contribution >= 4 is 54.1 Å². The lowest BCUT2D eigenvalue weighted by molar-refractivity contribution is 0.271. The van der Waals surface area contributed by atoms with Crippen LogP contribution in [-0.4, -0.2) is 50.0 Å². The maximum Gasteiger partial charge on any atom is 0.268 e. The summed E-state index contributed by atoms with van der Waals surface area (Å²) >= 11 is 9.56. The summed E-state index contributed by atoms with van der Waals surface area (Å²) in [5.74, 6) is 0. The van der Waals surface area contributed by atoms with E-state index >= 15 is 0 Å². The topological polar surface area (TPSA) is 45.5 Å². The van der Waals surface area contributed by atoms with Gasteiger partial charge in [-0.05, 0) is 49.0 Å². The number of piperazine rings is 1. The fourth-order valence-corrected chi connectivity index (χ4v) is 5.42. The van der Waals surface area contributed by atoms with Crippen LogP contribution >= 0.6 is 27.5 Å². The molecule has 2 heterocycles. The lowest BCUT2D eigenvalue weighted by atomic mass is 10.2. The highest BCUT2D eigenvalue weighted by Gasteiger charge is 2.25. The summed E-state index contributed by atoms with van der Waals surface area (Å²) in [5.41, 5.74) is 1.53. The molecule has 0 spiro atoms. The molecule has 0 unspecified atom stereocenters. The van der Waals surface area contributed by atoms with Crippen LogP contribution < -0.4 is 4.90 Å². The lowest BCUT2D eigenvalue weighted by Gasteiger charge is -2.35. The second-order valence-electron chi connectivity index (χ2n) is 6.85. The van der Waals surface area contributed by atoms with Crippen LogP contribution in [0.3, 0.4) is 0 Å². The quantitative estimate of drug-likeness (QED) is 0.552. The Kier molecular flexibility index (Phi) is 5.44. The van der Waals surface area contributed by atoms with Gasteiger partial charge in [-0.3, -0.25) is 0 Å². The van der Waals surface area contributed by atoms with Gasteiger partial charge in [0.25, 0.3) is 10.0 Å². The fourth-order valence-electron chi connectivity index (χ4n) is 3.63. The zero-order valence-electron chi connectivity index (χ0n) is 15.5. The van der Waals surface area contributed by atoms with E-state index < -0.39 is 10.0 Å². The van der Waals surface area contributed by atoms with Crippen LogP contribution in [0.15, 0.2) is 58.0 Å². The third-order valence-corrected chi connectivity index (χ3v) is 7.69. The summed E-state index contributed by atoms with van der Waals surface area (Å²) in [7, 11) is -3.73. The molecule has 28 heavy (non-hydrogen) atoms. The molecule has 0 aliphatic carbocycles. The number of hydrogen-bond donors (Lipinski definition) is 0. The number of rotatable bonds is 4. The zero-order chi connectivity index (χ0) is 19.9. The van der Waals surface area contributed by atoms with Crippen molar-refractivity contribution in [1.82, 2.24) is 8.87 Å². The Bertz CT molecular complexity index is 1100. The third kappa shape index (κ3) is 3.56. The number of benzene rings is 2. The van der Waals surface area contributed by atoms with Crippen molar-refractivity contribution in [3.05, 3.63) is 58.2 Å². The molecule has 0 bridgehead atoms. The molecule has 0 N–H and O–H groups in total. The Morgan fingerprint density at radius 2 is 1.71 bits per heavy atom. The fraction of sp³-hybridized carbons (Fsp3) is 0.300. The Morgan fingerprint density at radius 1 is 1.04 bits per heavy atom. The summed E-state index contributed by atoms with van der Waals surface area (Å²) in [4.78, 5) is 4.90. The monoisotopic (exact) mass is 481 g/mol. The largest absolute Gasteiger partial charge is 0.367 e. The van der Waals surface area contributed by atoms with Gasteiger partial charge < -0.3 is 9.80 Å². The van der Waals surface area contributed by atoms with E-state index in [1.165, 1.54) is 3.97 Å². The second kappa shape index (κ2) is 7.71. The van der Waals surface area contributed by atoms with Gasteiger partial charge in [-0.2, -0.15) is 0 Å². The van der Waals surface area contributed by atoms with Crippen molar-refractivity contribution in [2.45, 2.75) is 11.8 Å². The first-order valence-corrected chi connectivity index (χ1v) is 11.8. The molecule has 0 amide bonds. The molecule has 3 aromatic rings. The minimum Gasteiger partial charge on any atom is -0.367 e. The Labute approximate surface area is 178 Å². The maximum absolute atomic E-state index is 13.3. The van der Waals surface area contributed by atoms with E-state index in [0.29, 0.717) is 10.5 Å². The molecule has 0 atom stereocenters. The van der Waals surface area contributed by atoms with Crippen molar-refractivity contribution < 1.29 is 8.42 Å². The normalized spacial score (nSPS) is 16.0. The number of hydrogen-bond acceptors (Lipinski definition) is 4. The molecular formula is C20H21BrClN3O2S. The second-order valence-corrected chi connectivity index (χ2v) is 10.0. The van der Waals surface area contributed by atoms with Crippen molar-refractivity contribution in [1.29, 1.82) is 0 Å². The molecule has 2 aromatic carbocycles. The standard InChI is InChI=1S/C20H21BrClN3O2S/c1-2-23-9-11-24(12-10-23)20-14-25(19-13-16(22)5-8-18(19)20)28(26,27)17-6-3-15(21)4-7-17/h3-8,13-14H,2,9-12H2,1H3. The van der Waals surface area contributed by atoms with E-state index in [1.54, 1.807) is 36.5 Å². The molecule has 0 radical (unpaired) electrons. The van der Waals surface area contributed by atoms with Gasteiger partial charge in [-0.15, -0.1) is 0 Å². The number of fused-ring (bicyclic) bond motifs is 1. The van der Waals surface area contributed by atoms with Crippen molar-refractivity contribution in [3.63, 3.8) is 0 Å². The van der Waals surface area contributed by atoms with Crippen LogP contribution in [-0.2, 0) is 10.0 Å². The van der Waals surface area contributed by atoms with Crippen LogP contribution in [0.25, 0.3) is 10.9 Å². The average molecular weight is 483 g/mol. The maximum atomic E-state index is 13.3. The summed E-state index contributed by atoms with van der Waals surface area (Å²) < 4.78 is 28.9. The molecule has 1 saturated heterocycles. The highest BCUT2D eigenvalue weighted by Crippen LogP contribution is 2.34. The zero-order valence-corrected chi connectivity index (χ0v) is 18.6. The van der Waals surface area contributed by atoms with Crippen molar-refractivity contribution in [2.75, 3.05) is 37.6 Å². The predicted molar refractivity (Wildman–Crippen MR) is 118 cm³/mol. The van der Waals surface area contributed by atoms with Gasteiger partial charge in [0, 0.05) is 47.3 Å². The summed E-state index contributed by atoms with van der Waals surface area (Å²) in [6.07, 6.45) is 1.74. The van der Waals surface area contributed by atoms with E-state index in [-0.39, 0.29) is 4.90 Å². The molecular weight excluding hydrogens is 462 g/mol. The number of nitrogens with zero attached hydrogens (tertiary/aromatic N) is 3. The van der Waals surface area contributed by atoms with E-state index in [4.69, 9.17) is 11.6 Å². The van der Waals surface area contributed by atoms with E-state index in [0.717, 1.165) is 48.3 Å². The molecule has 1 aromatic heterocycles. The van der Waals surface area contributed by atoms with Gasteiger partial charge in [0.1, 0.15) is 0 Å². The SMILES string of the molecule is CCN1CCN(c2cn(S(=O)(=O)c3ccc(Br)cc3)c3cc(Cl)ccc23)CC1. The molecule has 5 nitrogen and oxygen atoms in total. The lowest BCUT2D eigenvalue weighted by Crippen LogP contribution is -2.46. The summed E-state index contributed by atoms with van der Waals surface area (Å²) in [6, 6.07) is 12.1. The number of likely N-dealkylation sites (N-methyl/N-ethyl adjacent to an activating group) is 1. The van der Waals surface area contributed by atoms with Gasteiger partial charge in [0.15, 0.2) is 0 Å². The Balaban J connectivity index is 1.83. The molecule has 0 saturated carbocycles. The highest BCUT2D eigenvalue weighted by atomic mass is 79.9. The van der Waals surface area contributed by atoms with Crippen molar-refractivity contribution in [3.8, 4) is 0 Å². The summed E-state index contributed by atoms with van der Waals surface area (Å²) in [5, 5.41) is 1.41. The number of halogens is 2. The Morgan fingerprint density at radius 3 is 2.36 bits per heavy atom. The predicted octanol–water partition coefficient (Wildman–Crippen LogP) is 4.44. The van der Waals surface area contributed by atoms with Crippen molar-refractivity contribution in [2.24, 2.45) is 0 Å². The van der Waals surface area contributed by atoms with E-state index in [2.05, 4.69) is 32.7 Å². The third-order valence-electron chi connectivity index (χ3n) is 5.24. The van der Waals surface area contributed by atoms with E-state index in [9.17, 15) is 8.42 Å². The van der Waals surface area contributed by atoms with Gasteiger partial charge in [-0.1, -0.05) is 34.5 Å². The van der Waals surface area contributed by atoms with Gasteiger partial charge >= 0.3 is 0 Å². The summed E-state index contributed by atoms with van der Waals surface area (Å²) in [6.45, 7) is 6.87. The molecule has 1 aliphatic heterocycles. The van der Waals surface area contributed by atoms with Gasteiger partial charge in [-0.25, -0.2) is 12.4 Å². The van der Waals surface area contributed by atoms with E-state index in [1.807, 2.05) is 12.1 Å². The number of aromatic nitrogens is 1. The van der Waals surface area contributed by atoms with Crippen LogP contribution in [0.2, 0.25) is 5.02 Å². The molecule has 148 valence electrons. The van der Waals surface area contributed by atoms with Crippen LogP contribution in [0.4, 0.5) is 5.69 Å². The molecule has 1 aliphatic rings. The molecule has 1 fully saturated rings. The van der Waals surface area contributed by atoms with Gasteiger partial charge in [0.05, 0.1) is 16.1 Å². The highest BCUT2D eigenvalue weighted by molar-refractivity contribution is 9.10. The first kappa shape index (κ1) is 19.8. The molecule has 8 heteroatoms. The van der Waals surface area contributed by atoms with Gasteiger partial charge in [0.2, 0.25) is 0 Å². The average Bonchev–Trinajstić information content (AvgIpc) is 3.08. The van der Waals surface area contributed by atoms with Crippen LogP contribution in [0.1, 0.15) is 6.92 Å². The minimum atomic E-state index is -3.73. The van der Waals surface area contributed by atoms with Crippen LogP contribution in [0, 0.1) is 0 Å². The first-order chi connectivity index (χ1) is 13.4. The number of anilines is 1. The smallest absolute Gasteiger partial charge is 0.268 e. The first-order valence-electron chi connectivity index (χ1n) is 9.19.